The van der Waals surface area contributed by atoms with E-state index in [0.29, 0.717) is 19.0 Å². The predicted molar refractivity (Wildman–Crippen MR) is 90.4 cm³/mol. The Morgan fingerprint density at radius 1 is 0.957 bits per heavy atom. The SMILES string of the molecule is Cc1ccc(C(=O)N2CCCN(C(=O)C3CCC3)CC2)c(C)c1. The number of hydrogen-bond acceptors (Lipinski definition) is 2. The standard InChI is InChI=1S/C19H26N2O2/c1-14-7-8-17(15(2)13-14)19(23)21-10-4-9-20(11-12-21)18(22)16-5-3-6-16/h7-8,13,16H,3-6,9-12H2,1-2H3. The topological polar surface area (TPSA) is 40.6 Å². The van der Waals surface area contributed by atoms with Crippen molar-refractivity contribution >= 4 is 11.8 Å². The largest absolute Gasteiger partial charge is 0.341 e. The van der Waals surface area contributed by atoms with Crippen molar-refractivity contribution in [3.05, 3.63) is 34.9 Å². The van der Waals surface area contributed by atoms with Gasteiger partial charge in [0.05, 0.1) is 0 Å². The molecule has 4 heteroatoms. The fraction of sp³-hybridized carbons (Fsp3) is 0.579. The quantitative estimate of drug-likeness (QED) is 0.842. The van der Waals surface area contributed by atoms with Gasteiger partial charge in [0, 0.05) is 37.7 Å². The van der Waals surface area contributed by atoms with Gasteiger partial charge in [-0.15, -0.1) is 0 Å². The lowest BCUT2D eigenvalue weighted by Crippen LogP contribution is -2.41. The fourth-order valence-corrected chi connectivity index (χ4v) is 3.48. The van der Waals surface area contributed by atoms with Crippen molar-refractivity contribution in [3.8, 4) is 0 Å². The molecular formula is C19H26N2O2. The summed E-state index contributed by atoms with van der Waals surface area (Å²) < 4.78 is 0. The van der Waals surface area contributed by atoms with Crippen LogP contribution in [0.2, 0.25) is 0 Å². The van der Waals surface area contributed by atoms with Crippen molar-refractivity contribution in [3.63, 3.8) is 0 Å². The molecule has 1 aromatic carbocycles. The Hall–Kier alpha value is -1.84. The first-order valence-corrected chi connectivity index (χ1v) is 8.71. The van der Waals surface area contributed by atoms with Crippen molar-refractivity contribution in [2.75, 3.05) is 26.2 Å². The Balaban J connectivity index is 1.65. The monoisotopic (exact) mass is 314 g/mol. The van der Waals surface area contributed by atoms with Gasteiger partial charge in [-0.05, 0) is 44.7 Å². The van der Waals surface area contributed by atoms with E-state index < -0.39 is 0 Å². The number of carbonyl (C=O) groups excluding carboxylic acids is 2. The highest BCUT2D eigenvalue weighted by molar-refractivity contribution is 5.95. The number of nitrogens with zero attached hydrogens (tertiary/aromatic N) is 2. The van der Waals surface area contributed by atoms with Gasteiger partial charge in [0.1, 0.15) is 0 Å². The summed E-state index contributed by atoms with van der Waals surface area (Å²) in [5.41, 5.74) is 2.99. The molecule has 2 aliphatic rings. The van der Waals surface area contributed by atoms with Gasteiger partial charge >= 0.3 is 0 Å². The molecule has 2 fully saturated rings. The second-order valence-corrected chi connectivity index (χ2v) is 6.92. The summed E-state index contributed by atoms with van der Waals surface area (Å²) in [4.78, 5) is 29.1. The van der Waals surface area contributed by atoms with Gasteiger partial charge in [0.2, 0.25) is 5.91 Å². The van der Waals surface area contributed by atoms with Crippen molar-refractivity contribution in [1.29, 1.82) is 0 Å². The summed E-state index contributed by atoms with van der Waals surface area (Å²) in [5.74, 6) is 0.647. The van der Waals surface area contributed by atoms with Gasteiger partial charge in [-0.1, -0.05) is 24.1 Å². The number of rotatable bonds is 2. The van der Waals surface area contributed by atoms with E-state index >= 15 is 0 Å². The molecule has 0 N–H and O–H groups in total. The summed E-state index contributed by atoms with van der Waals surface area (Å²) in [7, 11) is 0. The van der Waals surface area contributed by atoms with Crippen LogP contribution in [0.25, 0.3) is 0 Å². The normalized spacial score (nSPS) is 19.2. The third-order valence-electron chi connectivity index (χ3n) is 5.16. The van der Waals surface area contributed by atoms with Crippen molar-refractivity contribution < 1.29 is 9.59 Å². The van der Waals surface area contributed by atoms with Gasteiger partial charge < -0.3 is 9.80 Å². The maximum atomic E-state index is 12.8. The Kier molecular flexibility index (Phi) is 4.69. The van der Waals surface area contributed by atoms with Crippen LogP contribution in [0.3, 0.4) is 0 Å². The first kappa shape index (κ1) is 16.0. The number of carbonyl (C=O) groups is 2. The van der Waals surface area contributed by atoms with Crippen LogP contribution in [0.15, 0.2) is 18.2 Å². The molecule has 1 aromatic rings. The molecule has 2 amide bonds. The second-order valence-electron chi connectivity index (χ2n) is 6.92. The summed E-state index contributed by atoms with van der Waals surface area (Å²) in [5, 5.41) is 0. The Morgan fingerprint density at radius 2 is 1.65 bits per heavy atom. The molecule has 124 valence electrons. The minimum absolute atomic E-state index is 0.0976. The van der Waals surface area contributed by atoms with Crippen LogP contribution in [0.1, 0.15) is 47.2 Å². The first-order valence-electron chi connectivity index (χ1n) is 8.71. The molecule has 1 heterocycles. The van der Waals surface area contributed by atoms with E-state index in [0.717, 1.165) is 43.5 Å². The molecule has 0 bridgehead atoms. The molecular weight excluding hydrogens is 288 g/mol. The van der Waals surface area contributed by atoms with Crippen LogP contribution >= 0.6 is 0 Å². The van der Waals surface area contributed by atoms with Gasteiger partial charge in [0.25, 0.3) is 5.91 Å². The van der Waals surface area contributed by atoms with Crippen molar-refractivity contribution in [2.24, 2.45) is 5.92 Å². The Bertz CT molecular complexity index is 607. The van der Waals surface area contributed by atoms with Crippen molar-refractivity contribution in [1.82, 2.24) is 9.80 Å². The summed E-state index contributed by atoms with van der Waals surface area (Å²) in [6.45, 7) is 6.87. The lowest BCUT2D eigenvalue weighted by Gasteiger charge is -2.31. The maximum Gasteiger partial charge on any atom is 0.254 e. The zero-order valence-corrected chi connectivity index (χ0v) is 14.2. The number of hydrogen-bond donors (Lipinski definition) is 0. The fourth-order valence-electron chi connectivity index (χ4n) is 3.48. The lowest BCUT2D eigenvalue weighted by atomic mass is 9.84. The molecule has 0 aromatic heterocycles. The molecule has 4 nitrogen and oxygen atoms in total. The van der Waals surface area contributed by atoms with E-state index in [1.165, 1.54) is 12.0 Å². The minimum atomic E-state index is 0.0976. The third kappa shape index (κ3) is 3.41. The molecule has 23 heavy (non-hydrogen) atoms. The number of amides is 2. The van der Waals surface area contributed by atoms with Crippen LogP contribution < -0.4 is 0 Å². The van der Waals surface area contributed by atoms with Crippen LogP contribution in [0.4, 0.5) is 0 Å². The number of aryl methyl sites for hydroxylation is 2. The summed E-state index contributed by atoms with van der Waals surface area (Å²) >= 11 is 0. The highest BCUT2D eigenvalue weighted by Crippen LogP contribution is 2.28. The van der Waals surface area contributed by atoms with Gasteiger partial charge in [-0.3, -0.25) is 9.59 Å². The van der Waals surface area contributed by atoms with E-state index in [9.17, 15) is 9.59 Å². The molecule has 0 spiro atoms. The smallest absolute Gasteiger partial charge is 0.254 e. The zero-order valence-electron chi connectivity index (χ0n) is 14.2. The second kappa shape index (κ2) is 6.73. The zero-order chi connectivity index (χ0) is 16.4. The molecule has 1 aliphatic heterocycles. The van der Waals surface area contributed by atoms with Crippen LogP contribution in [-0.4, -0.2) is 47.8 Å². The lowest BCUT2D eigenvalue weighted by molar-refractivity contribution is -0.138. The van der Waals surface area contributed by atoms with Crippen molar-refractivity contribution in [2.45, 2.75) is 39.5 Å². The van der Waals surface area contributed by atoms with E-state index in [2.05, 4.69) is 6.07 Å². The summed E-state index contributed by atoms with van der Waals surface area (Å²) in [6.07, 6.45) is 4.14. The molecule has 1 saturated carbocycles. The number of benzene rings is 1. The molecule has 0 radical (unpaired) electrons. The Morgan fingerprint density at radius 3 is 2.30 bits per heavy atom. The predicted octanol–water partition coefficient (Wildman–Crippen LogP) is 2.78. The molecule has 0 atom stereocenters. The molecule has 1 saturated heterocycles. The highest BCUT2D eigenvalue weighted by Gasteiger charge is 2.31. The van der Waals surface area contributed by atoms with Gasteiger partial charge in [-0.2, -0.15) is 0 Å². The van der Waals surface area contributed by atoms with E-state index in [1.807, 2.05) is 35.8 Å². The van der Waals surface area contributed by atoms with E-state index in [4.69, 9.17) is 0 Å². The molecule has 0 unspecified atom stereocenters. The first-order chi connectivity index (χ1) is 11.1. The molecule has 1 aliphatic carbocycles. The average molecular weight is 314 g/mol. The third-order valence-corrected chi connectivity index (χ3v) is 5.16. The van der Waals surface area contributed by atoms with E-state index in [1.54, 1.807) is 0 Å². The molecule has 3 rings (SSSR count). The Labute approximate surface area is 138 Å². The van der Waals surface area contributed by atoms with Gasteiger partial charge in [-0.25, -0.2) is 0 Å². The maximum absolute atomic E-state index is 12.8. The van der Waals surface area contributed by atoms with Crippen LogP contribution in [0, 0.1) is 19.8 Å². The average Bonchev–Trinajstić information content (AvgIpc) is 2.70. The van der Waals surface area contributed by atoms with Gasteiger partial charge in [0.15, 0.2) is 0 Å². The minimum Gasteiger partial charge on any atom is -0.341 e. The highest BCUT2D eigenvalue weighted by atomic mass is 16.2. The van der Waals surface area contributed by atoms with E-state index in [-0.39, 0.29) is 11.8 Å². The van der Waals surface area contributed by atoms with Crippen LogP contribution in [-0.2, 0) is 4.79 Å². The van der Waals surface area contributed by atoms with Crippen LogP contribution in [0.5, 0.6) is 0 Å². The summed E-state index contributed by atoms with van der Waals surface area (Å²) in [6, 6.07) is 5.97.